The standard InChI is InChI=1S/C22H20N4O2S/c1-14-7-10-20(15(2)11-14)28-13-21-24-25-22(29)26(21)23-12-18-17-6-4-3-5-16(17)8-9-19(18)27/h3-12,27H,13H2,1-2H3,(H,25,29)/b23-12+. The van der Waals surface area contributed by atoms with E-state index in [-0.39, 0.29) is 12.4 Å². The van der Waals surface area contributed by atoms with E-state index in [1.54, 1.807) is 12.3 Å². The first-order valence-corrected chi connectivity index (χ1v) is 9.55. The van der Waals surface area contributed by atoms with Crippen LogP contribution in [0.2, 0.25) is 0 Å². The van der Waals surface area contributed by atoms with Crippen molar-refractivity contribution >= 4 is 29.2 Å². The Balaban J connectivity index is 1.63. The van der Waals surface area contributed by atoms with E-state index >= 15 is 0 Å². The zero-order chi connectivity index (χ0) is 20.4. The summed E-state index contributed by atoms with van der Waals surface area (Å²) in [5.41, 5.74) is 2.85. The van der Waals surface area contributed by atoms with Crippen LogP contribution in [0.1, 0.15) is 22.5 Å². The third-order valence-electron chi connectivity index (χ3n) is 4.65. The number of aromatic amines is 1. The second-order valence-corrected chi connectivity index (χ2v) is 7.17. The lowest BCUT2D eigenvalue weighted by atomic mass is 10.0. The van der Waals surface area contributed by atoms with E-state index in [2.05, 4.69) is 21.4 Å². The number of aryl methyl sites for hydroxylation is 2. The van der Waals surface area contributed by atoms with Crippen LogP contribution in [0.3, 0.4) is 0 Å². The number of phenolic OH excluding ortho intramolecular Hbond substituents is 1. The number of aromatic hydroxyl groups is 1. The molecule has 29 heavy (non-hydrogen) atoms. The third kappa shape index (κ3) is 3.90. The second kappa shape index (κ2) is 7.89. The van der Waals surface area contributed by atoms with E-state index in [9.17, 15) is 5.11 Å². The molecule has 7 heteroatoms. The first kappa shape index (κ1) is 18.9. The van der Waals surface area contributed by atoms with E-state index in [1.165, 1.54) is 10.2 Å². The largest absolute Gasteiger partial charge is 0.507 e. The van der Waals surface area contributed by atoms with Crippen molar-refractivity contribution in [1.82, 2.24) is 14.9 Å². The number of hydrogen-bond donors (Lipinski definition) is 2. The number of rotatable bonds is 5. The first-order valence-electron chi connectivity index (χ1n) is 9.14. The van der Waals surface area contributed by atoms with Gasteiger partial charge in [-0.3, -0.25) is 0 Å². The average molecular weight is 404 g/mol. The fraction of sp³-hybridized carbons (Fsp3) is 0.136. The van der Waals surface area contributed by atoms with Gasteiger partial charge in [-0.1, -0.05) is 48.0 Å². The zero-order valence-corrected chi connectivity index (χ0v) is 16.9. The number of aromatic nitrogens is 3. The van der Waals surface area contributed by atoms with Gasteiger partial charge in [0, 0.05) is 5.56 Å². The Bertz CT molecular complexity index is 1270. The van der Waals surface area contributed by atoms with E-state index in [0.717, 1.165) is 22.1 Å². The van der Waals surface area contributed by atoms with Gasteiger partial charge < -0.3 is 9.84 Å². The molecule has 0 aliphatic carbocycles. The molecule has 0 saturated heterocycles. The van der Waals surface area contributed by atoms with E-state index in [4.69, 9.17) is 17.0 Å². The summed E-state index contributed by atoms with van der Waals surface area (Å²) in [5.74, 6) is 1.47. The molecule has 0 fully saturated rings. The summed E-state index contributed by atoms with van der Waals surface area (Å²) in [6.07, 6.45) is 1.59. The van der Waals surface area contributed by atoms with Crippen molar-refractivity contribution in [2.45, 2.75) is 20.5 Å². The molecule has 0 radical (unpaired) electrons. The Hall–Kier alpha value is -3.45. The normalized spacial score (nSPS) is 11.4. The Kier molecular flexibility index (Phi) is 5.14. The number of hydrogen-bond acceptors (Lipinski definition) is 5. The van der Waals surface area contributed by atoms with Crippen molar-refractivity contribution in [3.63, 3.8) is 0 Å². The van der Waals surface area contributed by atoms with Gasteiger partial charge in [0.05, 0.1) is 6.21 Å². The van der Waals surface area contributed by atoms with E-state index < -0.39 is 0 Å². The van der Waals surface area contributed by atoms with Crippen molar-refractivity contribution in [2.24, 2.45) is 5.10 Å². The molecular weight excluding hydrogens is 384 g/mol. The molecule has 4 rings (SSSR count). The number of nitrogens with one attached hydrogen (secondary N) is 1. The van der Waals surface area contributed by atoms with Crippen molar-refractivity contribution in [1.29, 1.82) is 0 Å². The number of benzene rings is 3. The van der Waals surface area contributed by atoms with Gasteiger partial charge in [0.1, 0.15) is 18.1 Å². The quantitative estimate of drug-likeness (QED) is 0.367. The van der Waals surface area contributed by atoms with Gasteiger partial charge in [-0.25, -0.2) is 5.10 Å². The molecule has 0 atom stereocenters. The molecular formula is C22H20N4O2S. The maximum atomic E-state index is 10.3. The lowest BCUT2D eigenvalue weighted by molar-refractivity contribution is 0.288. The molecule has 4 aromatic rings. The highest BCUT2D eigenvalue weighted by molar-refractivity contribution is 7.71. The van der Waals surface area contributed by atoms with Gasteiger partial charge in [0.2, 0.25) is 4.77 Å². The minimum atomic E-state index is 0.149. The lowest BCUT2D eigenvalue weighted by Crippen LogP contribution is -2.05. The van der Waals surface area contributed by atoms with Gasteiger partial charge in [-0.15, -0.1) is 0 Å². The molecule has 2 N–H and O–H groups in total. The Morgan fingerprint density at radius 1 is 1.17 bits per heavy atom. The summed E-state index contributed by atoms with van der Waals surface area (Å²) in [6.45, 7) is 4.25. The third-order valence-corrected chi connectivity index (χ3v) is 4.92. The minimum Gasteiger partial charge on any atom is -0.507 e. The van der Waals surface area contributed by atoms with Gasteiger partial charge in [-0.05, 0) is 54.5 Å². The highest BCUT2D eigenvalue weighted by atomic mass is 32.1. The average Bonchev–Trinajstić information content (AvgIpc) is 3.06. The zero-order valence-electron chi connectivity index (χ0n) is 16.1. The molecule has 6 nitrogen and oxygen atoms in total. The molecule has 1 aromatic heterocycles. The molecule has 1 heterocycles. The second-order valence-electron chi connectivity index (χ2n) is 6.78. The van der Waals surface area contributed by atoms with Crippen molar-refractivity contribution in [2.75, 3.05) is 0 Å². The van der Waals surface area contributed by atoms with Crippen LogP contribution in [-0.4, -0.2) is 26.2 Å². The van der Waals surface area contributed by atoms with Crippen molar-refractivity contribution in [3.05, 3.63) is 81.9 Å². The highest BCUT2D eigenvalue weighted by Gasteiger charge is 2.09. The summed E-state index contributed by atoms with van der Waals surface area (Å²) in [5, 5.41) is 23.6. The van der Waals surface area contributed by atoms with E-state index in [1.807, 2.05) is 56.3 Å². The van der Waals surface area contributed by atoms with Crippen LogP contribution in [0.4, 0.5) is 0 Å². The van der Waals surface area contributed by atoms with Crippen LogP contribution in [0.25, 0.3) is 10.8 Å². The molecule has 0 bridgehead atoms. The highest BCUT2D eigenvalue weighted by Crippen LogP contribution is 2.25. The molecule has 146 valence electrons. The van der Waals surface area contributed by atoms with Crippen LogP contribution >= 0.6 is 12.2 Å². The van der Waals surface area contributed by atoms with Crippen LogP contribution < -0.4 is 4.74 Å². The summed E-state index contributed by atoms with van der Waals surface area (Å²) < 4.78 is 7.75. The minimum absolute atomic E-state index is 0.149. The molecule has 0 unspecified atom stereocenters. The molecule has 0 aliphatic rings. The van der Waals surface area contributed by atoms with Crippen molar-refractivity contribution < 1.29 is 9.84 Å². The number of phenols is 1. The maximum Gasteiger partial charge on any atom is 0.216 e. The molecule has 0 amide bonds. The monoisotopic (exact) mass is 404 g/mol. The lowest BCUT2D eigenvalue weighted by Gasteiger charge is -2.09. The van der Waals surface area contributed by atoms with Gasteiger partial charge in [0.15, 0.2) is 5.82 Å². The van der Waals surface area contributed by atoms with Gasteiger partial charge in [0.25, 0.3) is 0 Å². The summed E-state index contributed by atoms with van der Waals surface area (Å²) in [4.78, 5) is 0. The maximum absolute atomic E-state index is 10.3. The molecule has 0 aliphatic heterocycles. The topological polar surface area (TPSA) is 75.4 Å². The summed E-state index contributed by atoms with van der Waals surface area (Å²) in [7, 11) is 0. The fourth-order valence-corrected chi connectivity index (χ4v) is 3.37. The van der Waals surface area contributed by atoms with Crippen LogP contribution in [0.15, 0.2) is 59.7 Å². The van der Waals surface area contributed by atoms with E-state index in [0.29, 0.717) is 16.2 Å². The Morgan fingerprint density at radius 3 is 2.83 bits per heavy atom. The number of fused-ring (bicyclic) bond motifs is 1. The summed E-state index contributed by atoms with van der Waals surface area (Å²) >= 11 is 5.30. The molecule has 0 spiro atoms. The Morgan fingerprint density at radius 2 is 2.00 bits per heavy atom. The fourth-order valence-electron chi connectivity index (χ4n) is 3.18. The smallest absolute Gasteiger partial charge is 0.216 e. The van der Waals surface area contributed by atoms with Crippen molar-refractivity contribution in [3.8, 4) is 11.5 Å². The van der Waals surface area contributed by atoms with Crippen LogP contribution in [0.5, 0.6) is 11.5 Å². The van der Waals surface area contributed by atoms with Crippen LogP contribution in [0, 0.1) is 18.6 Å². The molecule has 3 aromatic carbocycles. The SMILES string of the molecule is Cc1ccc(OCc2n[nH]c(=S)n2/N=C/c2c(O)ccc3ccccc23)c(C)c1. The number of ether oxygens (including phenoxy) is 1. The first-order chi connectivity index (χ1) is 14.0. The predicted octanol–water partition coefficient (Wildman–Crippen LogP) is 4.88. The predicted molar refractivity (Wildman–Crippen MR) is 116 cm³/mol. The number of nitrogens with zero attached hydrogens (tertiary/aromatic N) is 3. The van der Waals surface area contributed by atoms with Gasteiger partial charge >= 0.3 is 0 Å². The Labute approximate surface area is 173 Å². The van der Waals surface area contributed by atoms with Gasteiger partial charge in [-0.2, -0.15) is 14.9 Å². The number of H-pyrrole nitrogens is 1. The van der Waals surface area contributed by atoms with Crippen LogP contribution in [-0.2, 0) is 6.61 Å². The molecule has 0 saturated carbocycles. The summed E-state index contributed by atoms with van der Waals surface area (Å²) in [6, 6.07) is 17.3.